The van der Waals surface area contributed by atoms with Crippen molar-refractivity contribution >= 4 is 17.5 Å². The standard InChI is InChI=1S/C16H22N6O3/c1-12-8-14(20-25-12)18-16(23)11-22-6-7-24-13(10-22)9-21(2)15-4-3-5-17-19-15/h3-5,8,13H,6-7,9-11H2,1-2H3,(H,18,20,23). The van der Waals surface area contributed by atoms with E-state index in [1.165, 1.54) is 0 Å². The van der Waals surface area contributed by atoms with E-state index in [1.54, 1.807) is 19.2 Å². The number of likely N-dealkylation sites (N-methyl/N-ethyl adjacent to an activating group) is 1. The summed E-state index contributed by atoms with van der Waals surface area (Å²) in [6, 6.07) is 5.44. The summed E-state index contributed by atoms with van der Waals surface area (Å²) >= 11 is 0. The van der Waals surface area contributed by atoms with Gasteiger partial charge >= 0.3 is 0 Å². The quantitative estimate of drug-likeness (QED) is 0.810. The Kier molecular flexibility index (Phi) is 5.56. The normalized spacial score (nSPS) is 18.1. The average molecular weight is 346 g/mol. The molecular weight excluding hydrogens is 324 g/mol. The minimum absolute atomic E-state index is 0.00264. The molecule has 0 spiro atoms. The molecule has 2 aromatic heterocycles. The first-order chi connectivity index (χ1) is 12.1. The smallest absolute Gasteiger partial charge is 0.239 e. The zero-order valence-electron chi connectivity index (χ0n) is 14.4. The Morgan fingerprint density at radius 1 is 1.52 bits per heavy atom. The number of rotatable bonds is 6. The van der Waals surface area contributed by atoms with Gasteiger partial charge in [0.15, 0.2) is 11.6 Å². The van der Waals surface area contributed by atoms with Crippen molar-refractivity contribution in [2.75, 3.05) is 50.1 Å². The number of nitrogens with one attached hydrogen (secondary N) is 1. The van der Waals surface area contributed by atoms with Gasteiger partial charge in [-0.2, -0.15) is 5.10 Å². The molecule has 1 N–H and O–H groups in total. The predicted octanol–water partition coefficient (Wildman–Crippen LogP) is 0.549. The second kappa shape index (κ2) is 8.04. The van der Waals surface area contributed by atoms with Crippen molar-refractivity contribution in [3.8, 4) is 0 Å². The molecule has 0 aromatic carbocycles. The molecular formula is C16H22N6O3. The monoisotopic (exact) mass is 346 g/mol. The molecule has 134 valence electrons. The summed E-state index contributed by atoms with van der Waals surface area (Å²) in [6.45, 7) is 4.74. The van der Waals surface area contributed by atoms with E-state index < -0.39 is 0 Å². The van der Waals surface area contributed by atoms with Crippen LogP contribution in [0.1, 0.15) is 5.76 Å². The van der Waals surface area contributed by atoms with Crippen LogP contribution in [-0.2, 0) is 9.53 Å². The third-order valence-electron chi connectivity index (χ3n) is 3.91. The summed E-state index contributed by atoms with van der Waals surface area (Å²) in [5.41, 5.74) is 0. The maximum atomic E-state index is 12.1. The van der Waals surface area contributed by atoms with E-state index in [0.29, 0.717) is 37.8 Å². The molecule has 1 atom stereocenters. The SMILES string of the molecule is Cc1cc(NC(=O)CN2CCOC(CN(C)c3cccnn3)C2)no1. The predicted molar refractivity (Wildman–Crippen MR) is 91.4 cm³/mol. The van der Waals surface area contributed by atoms with Gasteiger partial charge in [0.25, 0.3) is 0 Å². The van der Waals surface area contributed by atoms with Crippen molar-refractivity contribution in [1.29, 1.82) is 0 Å². The van der Waals surface area contributed by atoms with Gasteiger partial charge in [-0.1, -0.05) is 5.16 Å². The first-order valence-corrected chi connectivity index (χ1v) is 8.16. The third kappa shape index (κ3) is 4.97. The molecule has 0 saturated carbocycles. The Balaban J connectivity index is 1.48. The first-order valence-electron chi connectivity index (χ1n) is 8.16. The van der Waals surface area contributed by atoms with Crippen molar-refractivity contribution in [3.05, 3.63) is 30.2 Å². The number of aromatic nitrogens is 3. The van der Waals surface area contributed by atoms with Crippen molar-refractivity contribution in [3.63, 3.8) is 0 Å². The molecule has 9 heteroatoms. The second-order valence-corrected chi connectivity index (χ2v) is 6.06. The molecule has 1 fully saturated rings. The lowest BCUT2D eigenvalue weighted by molar-refractivity contribution is -0.119. The molecule has 1 aliphatic heterocycles. The van der Waals surface area contributed by atoms with Crippen LogP contribution >= 0.6 is 0 Å². The van der Waals surface area contributed by atoms with E-state index in [-0.39, 0.29) is 12.0 Å². The molecule has 2 aromatic rings. The largest absolute Gasteiger partial charge is 0.374 e. The lowest BCUT2D eigenvalue weighted by Gasteiger charge is -2.34. The van der Waals surface area contributed by atoms with Gasteiger partial charge in [0.2, 0.25) is 5.91 Å². The van der Waals surface area contributed by atoms with Crippen molar-refractivity contribution < 1.29 is 14.1 Å². The summed E-state index contributed by atoms with van der Waals surface area (Å²) in [6.07, 6.45) is 1.65. The zero-order chi connectivity index (χ0) is 17.6. The highest BCUT2D eigenvalue weighted by Crippen LogP contribution is 2.12. The molecule has 0 aliphatic carbocycles. The summed E-state index contributed by atoms with van der Waals surface area (Å²) < 4.78 is 10.8. The molecule has 0 radical (unpaired) electrons. The van der Waals surface area contributed by atoms with Crippen LogP contribution in [0.25, 0.3) is 0 Å². The van der Waals surface area contributed by atoms with Gasteiger partial charge in [-0.05, 0) is 19.1 Å². The number of aryl methyl sites for hydroxylation is 1. The van der Waals surface area contributed by atoms with Crippen LogP contribution in [-0.4, -0.2) is 72.1 Å². The lowest BCUT2D eigenvalue weighted by Crippen LogP contribution is -2.49. The number of carbonyl (C=O) groups is 1. The number of carbonyl (C=O) groups excluding carboxylic acids is 1. The minimum Gasteiger partial charge on any atom is -0.374 e. The number of ether oxygens (including phenoxy) is 1. The molecule has 25 heavy (non-hydrogen) atoms. The van der Waals surface area contributed by atoms with Crippen LogP contribution in [0.4, 0.5) is 11.6 Å². The van der Waals surface area contributed by atoms with Crippen LogP contribution in [0, 0.1) is 6.92 Å². The van der Waals surface area contributed by atoms with Crippen LogP contribution in [0.3, 0.4) is 0 Å². The molecule has 0 bridgehead atoms. The van der Waals surface area contributed by atoms with Crippen LogP contribution in [0.5, 0.6) is 0 Å². The lowest BCUT2D eigenvalue weighted by atomic mass is 10.2. The molecule has 1 unspecified atom stereocenters. The fourth-order valence-electron chi connectivity index (χ4n) is 2.74. The average Bonchev–Trinajstić information content (AvgIpc) is 3.00. The molecule has 3 heterocycles. The van der Waals surface area contributed by atoms with Gasteiger partial charge < -0.3 is 19.5 Å². The molecule has 1 amide bonds. The summed E-state index contributed by atoms with van der Waals surface area (Å²) in [7, 11) is 1.95. The highest BCUT2D eigenvalue weighted by atomic mass is 16.5. The van der Waals surface area contributed by atoms with E-state index in [4.69, 9.17) is 9.26 Å². The minimum atomic E-state index is -0.115. The Hall–Kier alpha value is -2.52. The molecule has 1 aliphatic rings. The van der Waals surface area contributed by atoms with Crippen molar-refractivity contribution in [2.45, 2.75) is 13.0 Å². The number of anilines is 2. The van der Waals surface area contributed by atoms with E-state index in [0.717, 1.165) is 12.4 Å². The summed E-state index contributed by atoms with van der Waals surface area (Å²) in [5, 5.41) is 14.5. The van der Waals surface area contributed by atoms with E-state index in [1.807, 2.05) is 24.1 Å². The Morgan fingerprint density at radius 2 is 2.40 bits per heavy atom. The van der Waals surface area contributed by atoms with E-state index in [2.05, 4.69) is 25.6 Å². The second-order valence-electron chi connectivity index (χ2n) is 6.06. The van der Waals surface area contributed by atoms with Crippen LogP contribution in [0.2, 0.25) is 0 Å². The van der Waals surface area contributed by atoms with E-state index >= 15 is 0 Å². The summed E-state index contributed by atoms with van der Waals surface area (Å²) in [5.74, 6) is 1.78. The van der Waals surface area contributed by atoms with Gasteiger partial charge in [-0.15, -0.1) is 5.10 Å². The van der Waals surface area contributed by atoms with Gasteiger partial charge in [-0.25, -0.2) is 0 Å². The fraction of sp³-hybridized carbons (Fsp3) is 0.500. The van der Waals surface area contributed by atoms with Crippen LogP contribution in [0.15, 0.2) is 28.9 Å². The maximum Gasteiger partial charge on any atom is 0.239 e. The van der Waals surface area contributed by atoms with Gasteiger partial charge in [0, 0.05) is 38.9 Å². The topological polar surface area (TPSA) is 96.6 Å². The van der Waals surface area contributed by atoms with Crippen LogP contribution < -0.4 is 10.2 Å². The number of nitrogens with zero attached hydrogens (tertiary/aromatic N) is 5. The highest BCUT2D eigenvalue weighted by Gasteiger charge is 2.24. The Labute approximate surface area is 145 Å². The first kappa shape index (κ1) is 17.3. The zero-order valence-corrected chi connectivity index (χ0v) is 14.4. The van der Waals surface area contributed by atoms with Crippen molar-refractivity contribution in [2.24, 2.45) is 0 Å². The van der Waals surface area contributed by atoms with Gasteiger partial charge in [0.05, 0.1) is 19.3 Å². The van der Waals surface area contributed by atoms with E-state index in [9.17, 15) is 4.79 Å². The van der Waals surface area contributed by atoms with Gasteiger partial charge in [-0.3, -0.25) is 9.69 Å². The van der Waals surface area contributed by atoms with Gasteiger partial charge in [0.1, 0.15) is 5.76 Å². The molecule has 9 nitrogen and oxygen atoms in total. The highest BCUT2D eigenvalue weighted by molar-refractivity contribution is 5.91. The molecule has 3 rings (SSSR count). The number of hydrogen-bond acceptors (Lipinski definition) is 8. The fourth-order valence-corrected chi connectivity index (χ4v) is 2.74. The number of hydrogen-bond donors (Lipinski definition) is 1. The third-order valence-corrected chi connectivity index (χ3v) is 3.91. The Bertz CT molecular complexity index is 692. The van der Waals surface area contributed by atoms with Crippen molar-refractivity contribution in [1.82, 2.24) is 20.3 Å². The maximum absolute atomic E-state index is 12.1. The Morgan fingerprint density at radius 3 is 3.12 bits per heavy atom. The number of morpholine rings is 1. The number of amides is 1. The summed E-state index contributed by atoms with van der Waals surface area (Å²) in [4.78, 5) is 16.2. The molecule has 1 saturated heterocycles.